The number of hydrogen-bond donors (Lipinski definition) is 1. The highest BCUT2D eigenvalue weighted by molar-refractivity contribution is 5.66. The van der Waals surface area contributed by atoms with Crippen molar-refractivity contribution >= 4 is 5.97 Å². The van der Waals surface area contributed by atoms with Gasteiger partial charge in [-0.25, -0.2) is 4.39 Å². The minimum absolute atomic E-state index is 0.201. The summed E-state index contributed by atoms with van der Waals surface area (Å²) in [5.74, 6) is -0.504. The van der Waals surface area contributed by atoms with Crippen LogP contribution >= 0.6 is 0 Å². The summed E-state index contributed by atoms with van der Waals surface area (Å²) < 4.78 is 12.9. The number of carboxylic acid groups (broad SMARTS) is 1. The lowest BCUT2D eigenvalue weighted by atomic mass is 9.97. The molecule has 1 aliphatic rings. The Morgan fingerprint density at radius 1 is 1.42 bits per heavy atom. The zero-order valence-corrected chi connectivity index (χ0v) is 11.2. The quantitative estimate of drug-likeness (QED) is 0.890. The molecule has 1 aromatic carbocycles. The minimum Gasteiger partial charge on any atom is -0.481 e. The summed E-state index contributed by atoms with van der Waals surface area (Å²) >= 11 is 0. The summed E-state index contributed by atoms with van der Waals surface area (Å²) in [5, 5.41) is 8.66. The Kier molecular flexibility index (Phi) is 4.53. The van der Waals surface area contributed by atoms with Gasteiger partial charge in [-0.1, -0.05) is 12.1 Å². The summed E-state index contributed by atoms with van der Waals surface area (Å²) in [6, 6.07) is 7.19. The van der Waals surface area contributed by atoms with Gasteiger partial charge in [-0.3, -0.25) is 4.79 Å². The van der Waals surface area contributed by atoms with E-state index in [1.165, 1.54) is 17.7 Å². The molecule has 1 fully saturated rings. The van der Waals surface area contributed by atoms with E-state index in [2.05, 4.69) is 11.8 Å². The van der Waals surface area contributed by atoms with Gasteiger partial charge in [-0.05, 0) is 49.9 Å². The predicted octanol–water partition coefficient (Wildman–Crippen LogP) is 2.87. The molecule has 0 radical (unpaired) electrons. The molecule has 0 aromatic heterocycles. The maximum Gasteiger partial charge on any atom is 0.303 e. The Bertz CT molecular complexity index is 432. The minimum atomic E-state index is -0.734. The second-order valence-corrected chi connectivity index (χ2v) is 5.33. The molecule has 0 unspecified atom stereocenters. The number of aliphatic carboxylic acids is 1. The molecule has 2 rings (SSSR count). The van der Waals surface area contributed by atoms with E-state index in [1.54, 1.807) is 0 Å². The summed E-state index contributed by atoms with van der Waals surface area (Å²) in [6.45, 7) is 3.93. The van der Waals surface area contributed by atoms with E-state index < -0.39 is 5.97 Å². The molecule has 1 heterocycles. The number of nitrogens with zero attached hydrogens (tertiary/aromatic N) is 1. The highest BCUT2D eigenvalue weighted by Crippen LogP contribution is 2.31. The first kappa shape index (κ1) is 14.0. The van der Waals surface area contributed by atoms with Gasteiger partial charge >= 0.3 is 5.97 Å². The van der Waals surface area contributed by atoms with Crippen LogP contribution in [0.5, 0.6) is 0 Å². The van der Waals surface area contributed by atoms with E-state index in [1.807, 2.05) is 12.1 Å². The molecule has 1 N–H and O–H groups in total. The average Bonchev–Trinajstić information content (AvgIpc) is 2.71. The summed E-state index contributed by atoms with van der Waals surface area (Å²) in [7, 11) is 0. The van der Waals surface area contributed by atoms with Crippen molar-refractivity contribution in [1.82, 2.24) is 4.90 Å². The van der Waals surface area contributed by atoms with Crippen LogP contribution in [0.15, 0.2) is 24.3 Å². The van der Waals surface area contributed by atoms with Crippen molar-refractivity contribution in [1.29, 1.82) is 0 Å². The SMILES string of the molecule is C[C@H]1C[C@H](c2ccc(F)cc2)CN1CCCC(=O)O. The van der Waals surface area contributed by atoms with Crippen molar-refractivity contribution in [3.05, 3.63) is 35.6 Å². The van der Waals surface area contributed by atoms with Gasteiger partial charge < -0.3 is 10.0 Å². The van der Waals surface area contributed by atoms with Crippen molar-refractivity contribution in [2.75, 3.05) is 13.1 Å². The van der Waals surface area contributed by atoms with Gasteiger partial charge in [0, 0.05) is 19.0 Å². The Hall–Kier alpha value is -1.42. The number of likely N-dealkylation sites (tertiary alicyclic amines) is 1. The van der Waals surface area contributed by atoms with Gasteiger partial charge in [0.25, 0.3) is 0 Å². The van der Waals surface area contributed by atoms with Crippen molar-refractivity contribution < 1.29 is 14.3 Å². The Balaban J connectivity index is 1.89. The number of carbonyl (C=O) groups is 1. The van der Waals surface area contributed by atoms with E-state index >= 15 is 0 Å². The molecule has 0 spiro atoms. The Morgan fingerprint density at radius 3 is 2.74 bits per heavy atom. The molecule has 1 aliphatic heterocycles. The second-order valence-electron chi connectivity index (χ2n) is 5.33. The molecule has 104 valence electrons. The number of halogens is 1. The van der Waals surface area contributed by atoms with Crippen LogP contribution in [0.3, 0.4) is 0 Å². The first-order valence-corrected chi connectivity index (χ1v) is 6.77. The first-order valence-electron chi connectivity index (χ1n) is 6.77. The molecule has 1 saturated heterocycles. The molecule has 0 saturated carbocycles. The Morgan fingerprint density at radius 2 is 2.11 bits per heavy atom. The maximum absolute atomic E-state index is 12.9. The molecular formula is C15H20FNO2. The zero-order valence-electron chi connectivity index (χ0n) is 11.2. The predicted molar refractivity (Wildman–Crippen MR) is 71.7 cm³/mol. The lowest BCUT2D eigenvalue weighted by molar-refractivity contribution is -0.137. The van der Waals surface area contributed by atoms with Gasteiger partial charge in [0.15, 0.2) is 0 Å². The number of benzene rings is 1. The van der Waals surface area contributed by atoms with E-state index in [0.717, 1.165) is 19.5 Å². The molecule has 4 heteroatoms. The fraction of sp³-hybridized carbons (Fsp3) is 0.533. The van der Waals surface area contributed by atoms with Gasteiger partial charge in [-0.2, -0.15) is 0 Å². The van der Waals surface area contributed by atoms with Crippen LogP contribution in [0.25, 0.3) is 0 Å². The summed E-state index contributed by atoms with van der Waals surface area (Å²) in [4.78, 5) is 12.8. The van der Waals surface area contributed by atoms with Crippen LogP contribution in [0.2, 0.25) is 0 Å². The molecule has 0 amide bonds. The lowest BCUT2D eigenvalue weighted by Gasteiger charge is -2.20. The van der Waals surface area contributed by atoms with Crippen LogP contribution in [0.4, 0.5) is 4.39 Å². The molecule has 0 aliphatic carbocycles. The van der Waals surface area contributed by atoms with Gasteiger partial charge in [-0.15, -0.1) is 0 Å². The standard InChI is InChI=1S/C15H20FNO2/c1-11-9-13(12-4-6-14(16)7-5-12)10-17(11)8-2-3-15(18)19/h4-7,11,13H,2-3,8-10H2,1H3,(H,18,19)/t11-,13-/m0/s1. The summed E-state index contributed by atoms with van der Waals surface area (Å²) in [6.07, 6.45) is 1.97. The van der Waals surface area contributed by atoms with Crippen LogP contribution in [-0.2, 0) is 4.79 Å². The highest BCUT2D eigenvalue weighted by atomic mass is 19.1. The smallest absolute Gasteiger partial charge is 0.303 e. The van der Waals surface area contributed by atoms with Gasteiger partial charge in [0.05, 0.1) is 0 Å². The van der Waals surface area contributed by atoms with Crippen LogP contribution in [0.1, 0.15) is 37.7 Å². The van der Waals surface area contributed by atoms with Gasteiger partial charge in [0.1, 0.15) is 5.82 Å². The van der Waals surface area contributed by atoms with Crippen molar-refractivity contribution in [3.63, 3.8) is 0 Å². The van der Waals surface area contributed by atoms with Crippen LogP contribution in [-0.4, -0.2) is 35.1 Å². The average molecular weight is 265 g/mol. The Labute approximate surface area is 113 Å². The molecule has 19 heavy (non-hydrogen) atoms. The molecule has 1 aromatic rings. The van der Waals surface area contributed by atoms with Crippen LogP contribution < -0.4 is 0 Å². The molecular weight excluding hydrogens is 245 g/mol. The van der Waals surface area contributed by atoms with Crippen molar-refractivity contribution in [2.45, 2.75) is 38.1 Å². The molecule has 2 atom stereocenters. The topological polar surface area (TPSA) is 40.5 Å². The fourth-order valence-electron chi connectivity index (χ4n) is 2.82. The maximum atomic E-state index is 12.9. The normalized spacial score (nSPS) is 23.7. The van der Waals surface area contributed by atoms with E-state index in [-0.39, 0.29) is 12.2 Å². The highest BCUT2D eigenvalue weighted by Gasteiger charge is 2.29. The monoisotopic (exact) mass is 265 g/mol. The number of rotatable bonds is 5. The summed E-state index contributed by atoms with van der Waals surface area (Å²) in [5.41, 5.74) is 1.17. The third-order valence-corrected chi connectivity index (χ3v) is 3.88. The molecule has 3 nitrogen and oxygen atoms in total. The number of hydrogen-bond acceptors (Lipinski definition) is 2. The lowest BCUT2D eigenvalue weighted by Crippen LogP contribution is -2.28. The fourth-order valence-corrected chi connectivity index (χ4v) is 2.82. The third-order valence-electron chi connectivity index (χ3n) is 3.88. The van der Waals surface area contributed by atoms with Gasteiger partial charge in [0.2, 0.25) is 0 Å². The van der Waals surface area contributed by atoms with E-state index in [4.69, 9.17) is 5.11 Å². The van der Waals surface area contributed by atoms with Crippen molar-refractivity contribution in [2.24, 2.45) is 0 Å². The van der Waals surface area contributed by atoms with E-state index in [9.17, 15) is 9.18 Å². The number of carboxylic acids is 1. The van der Waals surface area contributed by atoms with E-state index in [0.29, 0.717) is 18.4 Å². The second kappa shape index (κ2) is 6.15. The molecule has 0 bridgehead atoms. The third kappa shape index (κ3) is 3.77. The first-order chi connectivity index (χ1) is 9.06. The van der Waals surface area contributed by atoms with Crippen molar-refractivity contribution in [3.8, 4) is 0 Å². The van der Waals surface area contributed by atoms with Crippen LogP contribution in [0, 0.1) is 5.82 Å². The zero-order chi connectivity index (χ0) is 13.8. The largest absolute Gasteiger partial charge is 0.481 e.